The number of ketones is 1. The van der Waals surface area contributed by atoms with Gasteiger partial charge in [-0.15, -0.1) is 0 Å². The number of urea groups is 1. The van der Waals surface area contributed by atoms with Gasteiger partial charge in [0.25, 0.3) is 0 Å². The van der Waals surface area contributed by atoms with E-state index in [9.17, 15) is 22.8 Å². The van der Waals surface area contributed by atoms with E-state index in [2.05, 4.69) is 10.6 Å². The minimum Gasteiger partial charge on any atom is -0.359 e. The zero-order valence-electron chi connectivity index (χ0n) is 17.7. The fraction of sp³-hybridized carbons (Fsp3) is 0.125. The van der Waals surface area contributed by atoms with Crippen LogP contribution in [-0.2, 0) is 12.7 Å². The fourth-order valence-electron chi connectivity index (χ4n) is 3.70. The fourth-order valence-corrected chi connectivity index (χ4v) is 4.02. The Balaban J connectivity index is 1.47. The summed E-state index contributed by atoms with van der Waals surface area (Å²) in [6.07, 6.45) is -4.75. The number of nitrogens with zero attached hydrogens (tertiary/aromatic N) is 2. The minimum absolute atomic E-state index is 0.136. The van der Waals surface area contributed by atoms with Crippen molar-refractivity contribution in [3.63, 3.8) is 0 Å². The van der Waals surface area contributed by atoms with E-state index in [0.29, 0.717) is 33.9 Å². The molecule has 0 spiro atoms. The summed E-state index contributed by atoms with van der Waals surface area (Å²) >= 11 is 12.0. The summed E-state index contributed by atoms with van der Waals surface area (Å²) in [5, 5.41) is 14.5. The quantitative estimate of drug-likeness (QED) is 0.400. The summed E-state index contributed by atoms with van der Waals surface area (Å²) in [5.74, 6) is -0.147. The molecule has 0 aromatic heterocycles. The van der Waals surface area contributed by atoms with E-state index < -0.39 is 23.3 Å². The summed E-state index contributed by atoms with van der Waals surface area (Å²) in [4.78, 5) is 26.8. The molecule has 0 unspecified atom stereocenters. The molecular formula is C24H15Cl2F3N4O2. The minimum atomic E-state index is -4.75. The van der Waals surface area contributed by atoms with Gasteiger partial charge in [0, 0.05) is 29.2 Å². The molecule has 0 fully saturated rings. The number of carbonyl (C=O) groups is 2. The predicted octanol–water partition coefficient (Wildman–Crippen LogP) is 6.73. The average Bonchev–Trinajstić information content (AvgIpc) is 3.10. The van der Waals surface area contributed by atoms with E-state index in [1.807, 2.05) is 11.0 Å². The van der Waals surface area contributed by atoms with Crippen molar-refractivity contribution < 1.29 is 22.8 Å². The van der Waals surface area contributed by atoms with Crippen LogP contribution in [0.5, 0.6) is 0 Å². The van der Waals surface area contributed by atoms with Gasteiger partial charge in [0.15, 0.2) is 5.78 Å². The number of benzene rings is 3. The highest BCUT2D eigenvalue weighted by atomic mass is 35.5. The van der Waals surface area contributed by atoms with Gasteiger partial charge in [-0.2, -0.15) is 18.4 Å². The maximum Gasteiger partial charge on any atom is 0.417 e. The van der Waals surface area contributed by atoms with Crippen LogP contribution < -0.4 is 15.5 Å². The molecule has 4 rings (SSSR count). The van der Waals surface area contributed by atoms with Crippen molar-refractivity contribution >= 4 is 52.1 Å². The first-order valence-electron chi connectivity index (χ1n) is 10.1. The highest BCUT2D eigenvalue weighted by molar-refractivity contribution is 6.42. The third kappa shape index (κ3) is 5.34. The molecule has 0 aliphatic carbocycles. The summed E-state index contributed by atoms with van der Waals surface area (Å²) in [5.41, 5.74) is 0.389. The van der Waals surface area contributed by atoms with Gasteiger partial charge in [0.05, 0.1) is 33.8 Å². The Morgan fingerprint density at radius 1 is 1.00 bits per heavy atom. The highest BCUT2D eigenvalue weighted by Crippen LogP contribution is 2.34. The van der Waals surface area contributed by atoms with Crippen molar-refractivity contribution in [3.8, 4) is 6.07 Å². The molecule has 3 aromatic rings. The van der Waals surface area contributed by atoms with E-state index in [4.69, 9.17) is 28.5 Å². The number of nitriles is 1. The van der Waals surface area contributed by atoms with E-state index in [1.165, 1.54) is 18.2 Å². The number of fused-ring (bicyclic) bond motifs is 1. The van der Waals surface area contributed by atoms with Gasteiger partial charge in [0.2, 0.25) is 0 Å². The van der Waals surface area contributed by atoms with Gasteiger partial charge in [-0.1, -0.05) is 29.3 Å². The Hall–Kier alpha value is -3.74. The molecule has 6 nitrogen and oxygen atoms in total. The van der Waals surface area contributed by atoms with Crippen molar-refractivity contribution in [2.75, 3.05) is 22.1 Å². The number of halogens is 5. The Kier molecular flexibility index (Phi) is 6.61. The summed E-state index contributed by atoms with van der Waals surface area (Å²) in [6, 6.07) is 13.5. The van der Waals surface area contributed by atoms with Crippen molar-refractivity contribution in [2.45, 2.75) is 12.7 Å². The Morgan fingerprint density at radius 2 is 1.69 bits per heavy atom. The van der Waals surface area contributed by atoms with E-state index in [1.54, 1.807) is 24.3 Å². The van der Waals surface area contributed by atoms with Crippen LogP contribution in [-0.4, -0.2) is 18.4 Å². The lowest BCUT2D eigenvalue weighted by molar-refractivity contribution is -0.137. The summed E-state index contributed by atoms with van der Waals surface area (Å²) < 4.78 is 39.4. The number of rotatable bonds is 4. The molecule has 1 aliphatic rings. The smallest absolute Gasteiger partial charge is 0.359 e. The van der Waals surface area contributed by atoms with Crippen molar-refractivity contribution in [1.29, 1.82) is 5.26 Å². The number of alkyl halides is 3. The number of amides is 2. The van der Waals surface area contributed by atoms with Gasteiger partial charge in [-0.3, -0.25) is 4.79 Å². The maximum atomic E-state index is 13.1. The van der Waals surface area contributed by atoms with Crippen LogP contribution in [0.25, 0.3) is 0 Å². The third-order valence-electron chi connectivity index (χ3n) is 5.29. The number of hydrogen-bond donors (Lipinski definition) is 2. The molecule has 0 saturated heterocycles. The van der Waals surface area contributed by atoms with Gasteiger partial charge >= 0.3 is 12.2 Å². The predicted molar refractivity (Wildman–Crippen MR) is 127 cm³/mol. The van der Waals surface area contributed by atoms with Crippen LogP contribution in [0.1, 0.15) is 27.0 Å². The van der Waals surface area contributed by atoms with E-state index in [0.717, 1.165) is 11.6 Å². The first-order valence-corrected chi connectivity index (χ1v) is 10.9. The SMILES string of the molecule is N#Cc1ccc(NC(=O)Nc2ccc3c(c2)C(=O)CN3Cc2ccc(Cl)c(Cl)c2)cc1C(F)(F)F. The Labute approximate surface area is 207 Å². The molecule has 0 bridgehead atoms. The molecule has 178 valence electrons. The highest BCUT2D eigenvalue weighted by Gasteiger charge is 2.34. The molecule has 2 N–H and O–H groups in total. The number of anilines is 3. The monoisotopic (exact) mass is 518 g/mol. The summed E-state index contributed by atoms with van der Waals surface area (Å²) in [6.45, 7) is 0.555. The molecule has 2 amide bonds. The lowest BCUT2D eigenvalue weighted by atomic mass is 10.1. The van der Waals surface area contributed by atoms with Crippen LogP contribution in [0.2, 0.25) is 10.0 Å². The van der Waals surface area contributed by atoms with Crippen LogP contribution in [0.3, 0.4) is 0 Å². The molecule has 0 radical (unpaired) electrons. The molecule has 0 atom stereocenters. The molecule has 1 aliphatic heterocycles. The lowest BCUT2D eigenvalue weighted by Crippen LogP contribution is -2.21. The standard InChI is InChI=1S/C24H15Cl2F3N4O2/c25-19-5-1-13(7-20(19)26)11-33-12-22(34)17-8-15(4-6-21(17)33)31-23(35)32-16-3-2-14(10-30)18(9-16)24(27,28)29/h1-9H,11-12H2,(H2,31,32,35). The number of nitrogens with one attached hydrogen (secondary N) is 2. The topological polar surface area (TPSA) is 85.2 Å². The molecule has 1 heterocycles. The van der Waals surface area contributed by atoms with Crippen LogP contribution in [0.15, 0.2) is 54.6 Å². The van der Waals surface area contributed by atoms with Gasteiger partial charge in [-0.25, -0.2) is 4.79 Å². The largest absolute Gasteiger partial charge is 0.417 e. The second-order valence-corrected chi connectivity index (χ2v) is 8.52. The van der Waals surface area contributed by atoms with Crippen LogP contribution in [0, 0.1) is 11.3 Å². The first kappa shape index (κ1) is 24.4. The van der Waals surface area contributed by atoms with Gasteiger partial charge < -0.3 is 15.5 Å². The Morgan fingerprint density at radius 3 is 2.34 bits per heavy atom. The second-order valence-electron chi connectivity index (χ2n) is 7.71. The average molecular weight is 519 g/mol. The maximum absolute atomic E-state index is 13.1. The van der Waals surface area contributed by atoms with Gasteiger partial charge in [0.1, 0.15) is 0 Å². The molecule has 11 heteroatoms. The normalized spacial score (nSPS) is 12.8. The van der Waals surface area contributed by atoms with Crippen LogP contribution in [0.4, 0.5) is 35.0 Å². The number of Topliss-reactive ketones (excluding diaryl/α,β-unsaturated/α-hetero) is 1. The zero-order valence-corrected chi connectivity index (χ0v) is 19.2. The first-order chi connectivity index (χ1) is 16.5. The molecule has 3 aromatic carbocycles. The third-order valence-corrected chi connectivity index (χ3v) is 6.03. The second kappa shape index (κ2) is 9.49. The zero-order chi connectivity index (χ0) is 25.3. The number of hydrogen-bond acceptors (Lipinski definition) is 4. The van der Waals surface area contributed by atoms with Crippen molar-refractivity contribution in [2.24, 2.45) is 0 Å². The molecule has 35 heavy (non-hydrogen) atoms. The van der Waals surface area contributed by atoms with Crippen molar-refractivity contribution in [1.82, 2.24) is 0 Å². The molecule has 0 saturated carbocycles. The van der Waals surface area contributed by atoms with Crippen LogP contribution >= 0.6 is 23.2 Å². The van der Waals surface area contributed by atoms with Crippen molar-refractivity contribution in [3.05, 3.63) is 86.9 Å². The lowest BCUT2D eigenvalue weighted by Gasteiger charge is -2.19. The Bertz CT molecular complexity index is 1390. The number of carbonyl (C=O) groups excluding carboxylic acids is 2. The van der Waals surface area contributed by atoms with E-state index >= 15 is 0 Å². The molecular weight excluding hydrogens is 504 g/mol. The van der Waals surface area contributed by atoms with E-state index in [-0.39, 0.29) is 23.7 Å². The van der Waals surface area contributed by atoms with Gasteiger partial charge in [-0.05, 0) is 54.1 Å². The summed E-state index contributed by atoms with van der Waals surface area (Å²) in [7, 11) is 0.